The molecule has 33 heavy (non-hydrogen) atoms. The first-order valence-corrected chi connectivity index (χ1v) is 10.7. The Bertz CT molecular complexity index is 1330. The van der Waals surface area contributed by atoms with Crippen molar-refractivity contribution in [1.82, 2.24) is 24.6 Å². The van der Waals surface area contributed by atoms with E-state index in [1.165, 1.54) is 18.6 Å². The van der Waals surface area contributed by atoms with Gasteiger partial charge in [-0.15, -0.1) is 10.2 Å². The highest BCUT2D eigenvalue weighted by atomic mass is 35.5. The van der Waals surface area contributed by atoms with Gasteiger partial charge in [-0.2, -0.15) is 13.2 Å². The number of fused-ring (bicyclic) bond motifs is 1. The molecule has 0 amide bonds. The van der Waals surface area contributed by atoms with Crippen LogP contribution in [0.2, 0.25) is 5.15 Å². The van der Waals surface area contributed by atoms with Crippen molar-refractivity contribution in [1.29, 1.82) is 0 Å². The summed E-state index contributed by atoms with van der Waals surface area (Å²) >= 11 is 6.12. The van der Waals surface area contributed by atoms with Crippen LogP contribution in [0, 0.1) is 0 Å². The number of aliphatic hydroxyl groups is 1. The van der Waals surface area contributed by atoms with E-state index in [0.29, 0.717) is 40.5 Å². The molecular weight excluding hydrogens is 457 g/mol. The van der Waals surface area contributed by atoms with E-state index in [0.717, 1.165) is 25.0 Å². The van der Waals surface area contributed by atoms with Crippen LogP contribution in [-0.2, 0) is 6.18 Å². The average molecular weight is 475 g/mol. The van der Waals surface area contributed by atoms with Gasteiger partial charge in [0.05, 0.1) is 29.5 Å². The van der Waals surface area contributed by atoms with Crippen LogP contribution < -0.4 is 4.90 Å². The van der Waals surface area contributed by atoms with Gasteiger partial charge in [-0.25, -0.2) is 9.97 Å². The van der Waals surface area contributed by atoms with Gasteiger partial charge in [-0.1, -0.05) is 23.7 Å². The van der Waals surface area contributed by atoms with Crippen molar-refractivity contribution in [3.8, 4) is 22.4 Å². The summed E-state index contributed by atoms with van der Waals surface area (Å²) in [7, 11) is 0. The van der Waals surface area contributed by atoms with E-state index in [4.69, 9.17) is 16.6 Å². The summed E-state index contributed by atoms with van der Waals surface area (Å²) in [6.45, 7) is 0.627. The Labute approximate surface area is 191 Å². The van der Waals surface area contributed by atoms with Crippen molar-refractivity contribution in [2.24, 2.45) is 0 Å². The molecule has 1 aliphatic rings. The first-order chi connectivity index (χ1) is 15.9. The molecule has 1 aromatic carbocycles. The van der Waals surface area contributed by atoms with Gasteiger partial charge in [-0.3, -0.25) is 4.40 Å². The zero-order valence-corrected chi connectivity index (χ0v) is 17.9. The number of hydrogen-bond donors (Lipinski definition) is 1. The molecule has 1 aliphatic heterocycles. The number of alkyl halides is 3. The summed E-state index contributed by atoms with van der Waals surface area (Å²) in [5.41, 5.74) is 1.24. The van der Waals surface area contributed by atoms with Crippen molar-refractivity contribution >= 4 is 23.2 Å². The predicted molar refractivity (Wildman–Crippen MR) is 117 cm³/mol. The standard InChI is InChI=1S/C22H18ClF3N6O/c23-17-10-14(6-7-27-17)19-18(13-3-1-4-15(9-13)22(24,25)26)20-30-28-12-32(20)21(29-19)31-8-2-5-16(31)11-33/h1,3-4,6-7,9-10,12,16,33H,2,5,8,11H2/t16-/m1/s1. The van der Waals surface area contributed by atoms with Gasteiger partial charge < -0.3 is 10.0 Å². The number of aliphatic hydroxyl groups excluding tert-OH is 1. The molecule has 0 radical (unpaired) electrons. The minimum atomic E-state index is -4.50. The van der Waals surface area contributed by atoms with Gasteiger partial charge >= 0.3 is 6.18 Å². The smallest absolute Gasteiger partial charge is 0.394 e. The molecule has 0 spiro atoms. The highest BCUT2D eigenvalue weighted by Gasteiger charge is 2.32. The van der Waals surface area contributed by atoms with Gasteiger partial charge in [0.15, 0.2) is 5.65 Å². The van der Waals surface area contributed by atoms with Crippen LogP contribution in [0.25, 0.3) is 28.0 Å². The molecule has 5 rings (SSSR count). The fourth-order valence-corrected chi connectivity index (χ4v) is 4.41. The molecule has 0 aliphatic carbocycles. The lowest BCUT2D eigenvalue weighted by Crippen LogP contribution is -2.34. The fraction of sp³-hybridized carbons (Fsp3) is 0.273. The van der Waals surface area contributed by atoms with Crippen molar-refractivity contribution in [2.75, 3.05) is 18.1 Å². The molecule has 7 nitrogen and oxygen atoms in total. The van der Waals surface area contributed by atoms with Gasteiger partial charge in [0, 0.05) is 18.3 Å². The topological polar surface area (TPSA) is 79.4 Å². The maximum absolute atomic E-state index is 13.5. The van der Waals surface area contributed by atoms with Crippen LogP contribution in [0.1, 0.15) is 18.4 Å². The highest BCUT2D eigenvalue weighted by Crippen LogP contribution is 2.39. The van der Waals surface area contributed by atoms with Gasteiger partial charge in [0.2, 0.25) is 5.95 Å². The molecular formula is C22H18ClF3N6O. The van der Waals surface area contributed by atoms with Crippen LogP contribution in [-0.4, -0.2) is 48.9 Å². The summed E-state index contributed by atoms with van der Waals surface area (Å²) in [5, 5.41) is 18.3. The second-order valence-corrected chi connectivity index (χ2v) is 8.17. The van der Waals surface area contributed by atoms with E-state index >= 15 is 0 Å². The minimum Gasteiger partial charge on any atom is -0.394 e. The molecule has 170 valence electrons. The zero-order valence-electron chi connectivity index (χ0n) is 17.2. The number of anilines is 1. The van der Waals surface area contributed by atoms with Crippen LogP contribution in [0.3, 0.4) is 0 Å². The quantitative estimate of drug-likeness (QED) is 0.439. The second kappa shape index (κ2) is 8.27. The maximum atomic E-state index is 13.5. The lowest BCUT2D eigenvalue weighted by Gasteiger charge is -2.26. The monoisotopic (exact) mass is 474 g/mol. The molecule has 1 N–H and O–H groups in total. The Kier molecular flexibility index (Phi) is 5.41. The Morgan fingerprint density at radius 1 is 1.15 bits per heavy atom. The van der Waals surface area contributed by atoms with E-state index in [9.17, 15) is 18.3 Å². The molecule has 1 saturated heterocycles. The summed E-state index contributed by atoms with van der Waals surface area (Å²) in [5.74, 6) is 0.505. The predicted octanol–water partition coefficient (Wildman–Crippen LogP) is 4.49. The van der Waals surface area contributed by atoms with E-state index < -0.39 is 11.7 Å². The first-order valence-electron chi connectivity index (χ1n) is 10.3. The highest BCUT2D eigenvalue weighted by molar-refractivity contribution is 6.29. The summed E-state index contributed by atoms with van der Waals surface area (Å²) in [6.07, 6.45) is 0.160. The van der Waals surface area contributed by atoms with Crippen molar-refractivity contribution in [3.63, 3.8) is 0 Å². The summed E-state index contributed by atoms with van der Waals surface area (Å²) < 4.78 is 42.0. The third-order valence-corrected chi connectivity index (χ3v) is 5.97. The van der Waals surface area contributed by atoms with Crippen molar-refractivity contribution in [2.45, 2.75) is 25.1 Å². The molecule has 0 bridgehead atoms. The van der Waals surface area contributed by atoms with Crippen molar-refractivity contribution < 1.29 is 18.3 Å². The first kappa shape index (κ1) is 21.6. The molecule has 3 aromatic heterocycles. The van der Waals surface area contributed by atoms with Gasteiger partial charge in [0.1, 0.15) is 11.5 Å². The largest absolute Gasteiger partial charge is 0.416 e. The Hall–Kier alpha value is -3.24. The molecule has 4 heterocycles. The minimum absolute atomic E-state index is 0.0445. The second-order valence-electron chi connectivity index (χ2n) is 7.78. The fourth-order valence-electron chi connectivity index (χ4n) is 4.23. The van der Waals surface area contributed by atoms with Crippen LogP contribution in [0.4, 0.5) is 19.1 Å². The third-order valence-electron chi connectivity index (χ3n) is 5.76. The van der Waals surface area contributed by atoms with Crippen LogP contribution in [0.15, 0.2) is 48.9 Å². The summed E-state index contributed by atoms with van der Waals surface area (Å²) in [6, 6.07) is 8.19. The Morgan fingerprint density at radius 2 is 2.00 bits per heavy atom. The average Bonchev–Trinajstić information content (AvgIpc) is 3.47. The lowest BCUT2D eigenvalue weighted by atomic mass is 9.98. The maximum Gasteiger partial charge on any atom is 0.416 e. The van der Waals surface area contributed by atoms with E-state index in [-0.39, 0.29) is 17.8 Å². The zero-order chi connectivity index (χ0) is 23.2. The number of halogens is 4. The van der Waals surface area contributed by atoms with E-state index in [1.807, 2.05) is 4.90 Å². The SMILES string of the molecule is OC[C@H]1CCCN1c1nc(-c2ccnc(Cl)c2)c(-c2cccc(C(F)(F)F)c2)c2nncn12. The number of pyridine rings is 1. The number of benzene rings is 1. The molecule has 1 atom stereocenters. The van der Waals surface area contributed by atoms with E-state index in [2.05, 4.69) is 15.2 Å². The molecule has 1 fully saturated rings. The number of aromatic nitrogens is 5. The molecule has 0 saturated carbocycles. The van der Waals surface area contributed by atoms with Crippen LogP contribution in [0.5, 0.6) is 0 Å². The summed E-state index contributed by atoms with van der Waals surface area (Å²) in [4.78, 5) is 10.8. The number of hydrogen-bond acceptors (Lipinski definition) is 6. The van der Waals surface area contributed by atoms with E-state index in [1.54, 1.807) is 22.6 Å². The Balaban J connectivity index is 1.82. The molecule has 4 aromatic rings. The number of rotatable bonds is 4. The normalized spacial score (nSPS) is 16.6. The Morgan fingerprint density at radius 3 is 2.76 bits per heavy atom. The third kappa shape index (κ3) is 3.89. The van der Waals surface area contributed by atoms with Crippen molar-refractivity contribution in [3.05, 3.63) is 59.6 Å². The van der Waals surface area contributed by atoms with Gasteiger partial charge in [-0.05, 0) is 42.7 Å². The number of nitrogens with zero attached hydrogens (tertiary/aromatic N) is 6. The van der Waals surface area contributed by atoms with Crippen LogP contribution >= 0.6 is 11.6 Å². The molecule has 0 unspecified atom stereocenters. The lowest BCUT2D eigenvalue weighted by molar-refractivity contribution is -0.137. The van der Waals surface area contributed by atoms with Gasteiger partial charge in [0.25, 0.3) is 0 Å². The molecule has 11 heteroatoms.